The van der Waals surface area contributed by atoms with Crippen LogP contribution in [0.15, 0.2) is 0 Å². The van der Waals surface area contributed by atoms with Crippen molar-refractivity contribution in [2.45, 2.75) is 51.6 Å². The Labute approximate surface area is 133 Å². The first-order valence-corrected chi connectivity index (χ1v) is 8.51. The highest BCUT2D eigenvalue weighted by Crippen LogP contribution is 2.17. The average molecular weight is 311 g/mol. The molecule has 1 N–H and O–H groups in total. The van der Waals surface area contributed by atoms with E-state index >= 15 is 0 Å². The molecule has 2 fully saturated rings. The third-order valence-corrected chi connectivity index (χ3v) is 5.00. The fraction of sp³-hybridized carbons (Fsp3) is 0.875. The van der Waals surface area contributed by atoms with Gasteiger partial charge in [-0.25, -0.2) is 0 Å². The number of nitrogens with zero attached hydrogens (tertiary/aromatic N) is 3. The molecule has 2 unspecified atom stereocenters. The predicted molar refractivity (Wildman–Crippen MR) is 84.8 cm³/mol. The molecule has 2 rings (SSSR count). The summed E-state index contributed by atoms with van der Waals surface area (Å²) in [6.45, 7) is 8.41. The molecule has 126 valence electrons. The molecule has 22 heavy (non-hydrogen) atoms. The fourth-order valence-electron chi connectivity index (χ4n) is 3.57. The van der Waals surface area contributed by atoms with Crippen molar-refractivity contribution >= 4 is 11.9 Å². The molecule has 2 heterocycles. The van der Waals surface area contributed by atoms with Crippen molar-refractivity contribution in [1.29, 1.82) is 0 Å². The van der Waals surface area contributed by atoms with Gasteiger partial charge in [-0.2, -0.15) is 0 Å². The molecule has 0 spiro atoms. The first kappa shape index (κ1) is 17.2. The Kier molecular flexibility index (Phi) is 6.20. The molecular weight excluding hydrogens is 282 g/mol. The van der Waals surface area contributed by atoms with Crippen LogP contribution < -0.4 is 0 Å². The molecule has 0 radical (unpaired) electrons. The van der Waals surface area contributed by atoms with Gasteiger partial charge in [0.05, 0.1) is 6.54 Å². The third-order valence-electron chi connectivity index (χ3n) is 5.00. The van der Waals surface area contributed by atoms with Gasteiger partial charge in [-0.15, -0.1) is 0 Å². The molecule has 0 aromatic rings. The maximum absolute atomic E-state index is 12.4. The van der Waals surface area contributed by atoms with Gasteiger partial charge < -0.3 is 10.0 Å². The van der Waals surface area contributed by atoms with Crippen molar-refractivity contribution in [1.82, 2.24) is 14.7 Å². The molecule has 0 saturated carbocycles. The van der Waals surface area contributed by atoms with Crippen LogP contribution in [0.3, 0.4) is 0 Å². The van der Waals surface area contributed by atoms with E-state index in [1.807, 2.05) is 16.7 Å². The van der Waals surface area contributed by atoms with Gasteiger partial charge in [0, 0.05) is 38.8 Å². The third kappa shape index (κ3) is 4.20. The van der Waals surface area contributed by atoms with Gasteiger partial charge in [-0.1, -0.05) is 6.92 Å². The molecule has 6 heteroatoms. The summed E-state index contributed by atoms with van der Waals surface area (Å²) in [4.78, 5) is 29.8. The smallest absolute Gasteiger partial charge is 0.320 e. The van der Waals surface area contributed by atoms with Gasteiger partial charge in [0.1, 0.15) is 6.04 Å². The Morgan fingerprint density at radius 1 is 1.14 bits per heavy atom. The SMILES string of the molecule is CCC(C(=O)O)N1CCN(CC(=O)N2CCCCC2C)CC1. The van der Waals surface area contributed by atoms with Gasteiger partial charge in [0.25, 0.3) is 0 Å². The molecule has 0 aromatic heterocycles. The number of aliphatic carboxylic acids is 1. The molecule has 2 aliphatic rings. The van der Waals surface area contributed by atoms with E-state index in [1.165, 1.54) is 6.42 Å². The number of carbonyl (C=O) groups excluding carboxylic acids is 1. The number of carbonyl (C=O) groups is 2. The minimum atomic E-state index is -0.742. The maximum atomic E-state index is 12.4. The van der Waals surface area contributed by atoms with E-state index in [2.05, 4.69) is 11.8 Å². The summed E-state index contributed by atoms with van der Waals surface area (Å²) in [5, 5.41) is 9.22. The van der Waals surface area contributed by atoms with Crippen molar-refractivity contribution in [3.05, 3.63) is 0 Å². The van der Waals surface area contributed by atoms with E-state index in [9.17, 15) is 14.7 Å². The van der Waals surface area contributed by atoms with Gasteiger partial charge in [-0.3, -0.25) is 19.4 Å². The molecule has 6 nitrogen and oxygen atoms in total. The van der Waals surface area contributed by atoms with Crippen LogP contribution in [0.1, 0.15) is 39.5 Å². The van der Waals surface area contributed by atoms with E-state index in [4.69, 9.17) is 0 Å². The normalized spacial score (nSPS) is 25.9. The molecule has 0 aliphatic carbocycles. The highest BCUT2D eigenvalue weighted by molar-refractivity contribution is 5.78. The predicted octanol–water partition coefficient (Wildman–Crippen LogP) is 0.868. The van der Waals surface area contributed by atoms with Gasteiger partial charge in [0.15, 0.2) is 0 Å². The number of hydrogen-bond donors (Lipinski definition) is 1. The van der Waals surface area contributed by atoms with E-state index < -0.39 is 5.97 Å². The number of hydrogen-bond acceptors (Lipinski definition) is 4. The number of amides is 1. The van der Waals surface area contributed by atoms with E-state index in [0.29, 0.717) is 19.0 Å². The number of piperidine rings is 1. The van der Waals surface area contributed by atoms with Crippen LogP contribution in [0.5, 0.6) is 0 Å². The molecule has 0 bridgehead atoms. The van der Waals surface area contributed by atoms with Crippen LogP contribution in [-0.4, -0.2) is 83.0 Å². The number of carboxylic acid groups (broad SMARTS) is 1. The van der Waals surface area contributed by atoms with E-state index in [1.54, 1.807) is 0 Å². The first-order valence-electron chi connectivity index (χ1n) is 8.51. The van der Waals surface area contributed by atoms with Crippen molar-refractivity contribution in [3.63, 3.8) is 0 Å². The van der Waals surface area contributed by atoms with Gasteiger partial charge in [-0.05, 0) is 32.6 Å². The van der Waals surface area contributed by atoms with Crippen molar-refractivity contribution in [2.75, 3.05) is 39.3 Å². The summed E-state index contributed by atoms with van der Waals surface area (Å²) in [6.07, 6.45) is 4.06. The molecule has 0 aromatic carbocycles. The molecule has 2 atom stereocenters. The summed E-state index contributed by atoms with van der Waals surface area (Å²) in [6, 6.07) is -0.0287. The lowest BCUT2D eigenvalue weighted by Crippen LogP contribution is -2.55. The minimum Gasteiger partial charge on any atom is -0.480 e. The van der Waals surface area contributed by atoms with Crippen LogP contribution in [-0.2, 0) is 9.59 Å². The number of carboxylic acids is 1. The lowest BCUT2D eigenvalue weighted by Gasteiger charge is -2.39. The molecule has 2 saturated heterocycles. The molecule has 1 amide bonds. The molecule has 2 aliphatic heterocycles. The Morgan fingerprint density at radius 3 is 2.36 bits per heavy atom. The second kappa shape index (κ2) is 7.92. The zero-order chi connectivity index (χ0) is 16.1. The second-order valence-corrected chi connectivity index (χ2v) is 6.51. The van der Waals surface area contributed by atoms with E-state index in [0.717, 1.165) is 45.6 Å². The highest BCUT2D eigenvalue weighted by Gasteiger charge is 2.29. The quantitative estimate of drug-likeness (QED) is 0.816. The monoisotopic (exact) mass is 311 g/mol. The van der Waals surface area contributed by atoms with Crippen molar-refractivity contribution in [2.24, 2.45) is 0 Å². The lowest BCUT2D eigenvalue weighted by molar-refractivity contribution is -0.145. The lowest BCUT2D eigenvalue weighted by atomic mass is 10.0. The topological polar surface area (TPSA) is 64.1 Å². The van der Waals surface area contributed by atoms with Crippen LogP contribution in [0.25, 0.3) is 0 Å². The number of piperazine rings is 1. The maximum Gasteiger partial charge on any atom is 0.320 e. The van der Waals surface area contributed by atoms with Crippen LogP contribution >= 0.6 is 0 Å². The minimum absolute atomic E-state index is 0.228. The number of likely N-dealkylation sites (tertiary alicyclic amines) is 1. The standard InChI is InChI=1S/C16H29N3O3/c1-3-14(16(21)22)18-10-8-17(9-11-18)12-15(20)19-7-5-4-6-13(19)2/h13-14H,3-12H2,1-2H3,(H,21,22). The summed E-state index contributed by atoms with van der Waals surface area (Å²) in [7, 11) is 0. The molecular formula is C16H29N3O3. The number of rotatable bonds is 5. The van der Waals surface area contributed by atoms with Gasteiger partial charge in [0.2, 0.25) is 5.91 Å². The summed E-state index contributed by atoms with van der Waals surface area (Å²) >= 11 is 0. The Balaban J connectivity index is 1.79. The second-order valence-electron chi connectivity index (χ2n) is 6.51. The van der Waals surface area contributed by atoms with Crippen LogP contribution in [0, 0.1) is 0 Å². The van der Waals surface area contributed by atoms with Gasteiger partial charge >= 0.3 is 5.97 Å². The summed E-state index contributed by atoms with van der Waals surface area (Å²) in [5.74, 6) is -0.514. The Bertz CT molecular complexity index is 394. The largest absolute Gasteiger partial charge is 0.480 e. The summed E-state index contributed by atoms with van der Waals surface area (Å²) in [5.41, 5.74) is 0. The highest BCUT2D eigenvalue weighted by atomic mass is 16.4. The first-order chi connectivity index (χ1) is 10.5. The zero-order valence-corrected chi connectivity index (χ0v) is 13.8. The van der Waals surface area contributed by atoms with E-state index in [-0.39, 0.29) is 11.9 Å². The van der Waals surface area contributed by atoms with Crippen molar-refractivity contribution in [3.8, 4) is 0 Å². The zero-order valence-electron chi connectivity index (χ0n) is 13.8. The van der Waals surface area contributed by atoms with Crippen molar-refractivity contribution < 1.29 is 14.7 Å². The Morgan fingerprint density at radius 2 is 1.82 bits per heavy atom. The average Bonchev–Trinajstić information content (AvgIpc) is 2.49. The Hall–Kier alpha value is -1.14. The summed E-state index contributed by atoms with van der Waals surface area (Å²) < 4.78 is 0. The fourth-order valence-corrected chi connectivity index (χ4v) is 3.57. The van der Waals surface area contributed by atoms with Crippen LogP contribution in [0.4, 0.5) is 0 Å². The van der Waals surface area contributed by atoms with Crippen LogP contribution in [0.2, 0.25) is 0 Å².